The SMILES string of the molecule is CCC1CCC(N)(c2noc(-c3ccc(Br)cc3)n2)CC1. The van der Waals surface area contributed by atoms with E-state index in [-0.39, 0.29) is 0 Å². The van der Waals surface area contributed by atoms with E-state index >= 15 is 0 Å². The van der Waals surface area contributed by atoms with Gasteiger partial charge in [0.1, 0.15) is 0 Å². The molecule has 1 aliphatic rings. The number of benzene rings is 1. The summed E-state index contributed by atoms with van der Waals surface area (Å²) in [6.45, 7) is 2.24. The largest absolute Gasteiger partial charge is 0.334 e. The van der Waals surface area contributed by atoms with E-state index in [9.17, 15) is 0 Å². The van der Waals surface area contributed by atoms with Crippen LogP contribution in [0, 0.1) is 5.92 Å². The summed E-state index contributed by atoms with van der Waals surface area (Å²) in [5.74, 6) is 1.98. The molecule has 3 rings (SSSR count). The Hall–Kier alpha value is -1.20. The topological polar surface area (TPSA) is 64.9 Å². The third-order valence-electron chi connectivity index (χ3n) is 4.54. The molecule has 0 radical (unpaired) electrons. The first kappa shape index (κ1) is 14.7. The molecule has 0 spiro atoms. The first-order valence-electron chi connectivity index (χ1n) is 7.50. The van der Waals surface area contributed by atoms with Gasteiger partial charge in [0, 0.05) is 10.0 Å². The van der Waals surface area contributed by atoms with Gasteiger partial charge < -0.3 is 10.3 Å². The van der Waals surface area contributed by atoms with Crippen LogP contribution < -0.4 is 5.73 Å². The average Bonchev–Trinajstić information content (AvgIpc) is 2.99. The Labute approximate surface area is 133 Å². The van der Waals surface area contributed by atoms with Crippen molar-refractivity contribution in [2.75, 3.05) is 0 Å². The molecule has 1 heterocycles. The van der Waals surface area contributed by atoms with Gasteiger partial charge >= 0.3 is 0 Å². The van der Waals surface area contributed by atoms with E-state index in [2.05, 4.69) is 33.0 Å². The summed E-state index contributed by atoms with van der Waals surface area (Å²) < 4.78 is 6.43. The molecule has 112 valence electrons. The van der Waals surface area contributed by atoms with Crippen molar-refractivity contribution in [3.8, 4) is 11.5 Å². The summed E-state index contributed by atoms with van der Waals surface area (Å²) in [5, 5.41) is 4.14. The van der Waals surface area contributed by atoms with Crippen molar-refractivity contribution < 1.29 is 4.52 Å². The van der Waals surface area contributed by atoms with E-state index < -0.39 is 5.54 Å². The van der Waals surface area contributed by atoms with Crippen LogP contribution in [0.3, 0.4) is 0 Å². The van der Waals surface area contributed by atoms with Gasteiger partial charge in [0.15, 0.2) is 5.82 Å². The maximum atomic E-state index is 6.52. The van der Waals surface area contributed by atoms with Crippen LogP contribution in [0.15, 0.2) is 33.3 Å². The first-order chi connectivity index (χ1) is 10.1. The summed E-state index contributed by atoms with van der Waals surface area (Å²) >= 11 is 3.42. The summed E-state index contributed by atoms with van der Waals surface area (Å²) in [5.41, 5.74) is 7.01. The lowest BCUT2D eigenvalue weighted by atomic mass is 9.76. The fraction of sp³-hybridized carbons (Fsp3) is 0.500. The number of nitrogens with two attached hydrogens (primary N) is 1. The molecule has 0 atom stereocenters. The number of rotatable bonds is 3. The van der Waals surface area contributed by atoms with Crippen LogP contribution in [0.2, 0.25) is 0 Å². The molecule has 1 saturated carbocycles. The zero-order valence-electron chi connectivity index (χ0n) is 12.2. The van der Waals surface area contributed by atoms with Gasteiger partial charge in [0.2, 0.25) is 0 Å². The van der Waals surface area contributed by atoms with Gasteiger partial charge in [-0.15, -0.1) is 0 Å². The molecule has 2 aromatic rings. The highest BCUT2D eigenvalue weighted by Crippen LogP contribution is 2.38. The zero-order valence-corrected chi connectivity index (χ0v) is 13.8. The minimum Gasteiger partial charge on any atom is -0.334 e. The van der Waals surface area contributed by atoms with Crippen molar-refractivity contribution in [3.05, 3.63) is 34.6 Å². The molecule has 4 nitrogen and oxygen atoms in total. The van der Waals surface area contributed by atoms with Gasteiger partial charge in [-0.1, -0.05) is 34.4 Å². The highest BCUT2D eigenvalue weighted by molar-refractivity contribution is 9.10. The Kier molecular flexibility index (Phi) is 4.13. The second kappa shape index (κ2) is 5.89. The minimum absolute atomic E-state index is 0.428. The molecule has 5 heteroatoms. The molecule has 0 saturated heterocycles. The molecule has 1 aromatic heterocycles. The van der Waals surface area contributed by atoms with Crippen molar-refractivity contribution in [2.24, 2.45) is 11.7 Å². The predicted molar refractivity (Wildman–Crippen MR) is 85.5 cm³/mol. The van der Waals surface area contributed by atoms with E-state index in [1.165, 1.54) is 6.42 Å². The zero-order chi connectivity index (χ0) is 14.9. The number of halogens is 1. The fourth-order valence-corrected chi connectivity index (χ4v) is 3.22. The summed E-state index contributed by atoms with van der Waals surface area (Å²) in [7, 11) is 0. The summed E-state index contributed by atoms with van der Waals surface area (Å²) in [6.07, 6.45) is 5.40. The highest BCUT2D eigenvalue weighted by Gasteiger charge is 2.36. The summed E-state index contributed by atoms with van der Waals surface area (Å²) in [6, 6.07) is 7.84. The van der Waals surface area contributed by atoms with Crippen LogP contribution in [-0.2, 0) is 5.54 Å². The average molecular weight is 350 g/mol. The Morgan fingerprint density at radius 3 is 2.57 bits per heavy atom. The molecule has 21 heavy (non-hydrogen) atoms. The molecule has 0 bridgehead atoms. The second-order valence-corrected chi connectivity index (χ2v) is 6.85. The smallest absolute Gasteiger partial charge is 0.257 e. The number of hydrogen-bond acceptors (Lipinski definition) is 4. The van der Waals surface area contributed by atoms with Gasteiger partial charge in [0.25, 0.3) is 5.89 Å². The van der Waals surface area contributed by atoms with Crippen molar-refractivity contribution >= 4 is 15.9 Å². The second-order valence-electron chi connectivity index (χ2n) is 5.94. The molecular weight excluding hydrogens is 330 g/mol. The minimum atomic E-state index is -0.428. The number of nitrogens with zero attached hydrogens (tertiary/aromatic N) is 2. The van der Waals surface area contributed by atoms with E-state index in [0.717, 1.165) is 41.6 Å². The van der Waals surface area contributed by atoms with E-state index in [4.69, 9.17) is 10.3 Å². The standard InChI is InChI=1S/C16H20BrN3O/c1-2-11-7-9-16(18,10-8-11)15-19-14(21-20-15)12-3-5-13(17)6-4-12/h3-6,11H,2,7-10,18H2,1H3. The van der Waals surface area contributed by atoms with Crippen LogP contribution >= 0.6 is 15.9 Å². The lowest BCUT2D eigenvalue weighted by molar-refractivity contribution is 0.216. The third-order valence-corrected chi connectivity index (χ3v) is 5.07. The molecule has 1 fully saturated rings. The van der Waals surface area contributed by atoms with Crippen LogP contribution in [0.5, 0.6) is 0 Å². The number of hydrogen-bond donors (Lipinski definition) is 1. The molecule has 0 unspecified atom stereocenters. The first-order valence-corrected chi connectivity index (χ1v) is 8.29. The molecule has 1 aliphatic carbocycles. The lowest BCUT2D eigenvalue weighted by Crippen LogP contribution is -2.41. The third kappa shape index (κ3) is 3.04. The van der Waals surface area contributed by atoms with Gasteiger partial charge in [-0.3, -0.25) is 0 Å². The monoisotopic (exact) mass is 349 g/mol. The number of aromatic nitrogens is 2. The normalized spacial score (nSPS) is 26.0. The van der Waals surface area contributed by atoms with Crippen molar-refractivity contribution in [3.63, 3.8) is 0 Å². The predicted octanol–water partition coefficient (Wildman–Crippen LogP) is 4.25. The van der Waals surface area contributed by atoms with Gasteiger partial charge in [-0.2, -0.15) is 4.98 Å². The van der Waals surface area contributed by atoms with E-state index in [1.807, 2.05) is 24.3 Å². The Balaban J connectivity index is 1.80. The van der Waals surface area contributed by atoms with Crippen LogP contribution in [0.1, 0.15) is 44.9 Å². The summed E-state index contributed by atoms with van der Waals surface area (Å²) in [4.78, 5) is 4.54. The molecule has 1 aromatic carbocycles. The lowest BCUT2D eigenvalue weighted by Gasteiger charge is -2.34. The molecule has 0 aliphatic heterocycles. The van der Waals surface area contributed by atoms with E-state index in [0.29, 0.717) is 11.7 Å². The van der Waals surface area contributed by atoms with Crippen molar-refractivity contribution in [2.45, 2.75) is 44.6 Å². The quantitative estimate of drug-likeness (QED) is 0.899. The van der Waals surface area contributed by atoms with Gasteiger partial charge in [0.05, 0.1) is 5.54 Å². The van der Waals surface area contributed by atoms with Crippen LogP contribution in [-0.4, -0.2) is 10.1 Å². The Morgan fingerprint density at radius 2 is 1.95 bits per heavy atom. The van der Waals surface area contributed by atoms with Crippen LogP contribution in [0.25, 0.3) is 11.5 Å². The molecule has 0 amide bonds. The molecule has 2 N–H and O–H groups in total. The Bertz CT molecular complexity index is 600. The van der Waals surface area contributed by atoms with Gasteiger partial charge in [-0.25, -0.2) is 0 Å². The van der Waals surface area contributed by atoms with Crippen molar-refractivity contribution in [1.82, 2.24) is 10.1 Å². The van der Waals surface area contributed by atoms with E-state index in [1.54, 1.807) is 0 Å². The van der Waals surface area contributed by atoms with Crippen molar-refractivity contribution in [1.29, 1.82) is 0 Å². The Morgan fingerprint density at radius 1 is 1.29 bits per heavy atom. The maximum Gasteiger partial charge on any atom is 0.257 e. The molecular formula is C16H20BrN3O. The van der Waals surface area contributed by atoms with Gasteiger partial charge in [-0.05, 0) is 55.9 Å². The maximum absolute atomic E-state index is 6.52. The fourth-order valence-electron chi connectivity index (χ4n) is 2.96. The highest BCUT2D eigenvalue weighted by atomic mass is 79.9. The van der Waals surface area contributed by atoms with Crippen LogP contribution in [0.4, 0.5) is 0 Å².